The van der Waals surface area contributed by atoms with Crippen LogP contribution in [0.1, 0.15) is 33.6 Å². The van der Waals surface area contributed by atoms with E-state index in [-0.39, 0.29) is 6.10 Å². The van der Waals surface area contributed by atoms with Gasteiger partial charge in [-0.25, -0.2) is 0 Å². The van der Waals surface area contributed by atoms with Crippen LogP contribution in [0.15, 0.2) is 0 Å². The molecule has 3 nitrogen and oxygen atoms in total. The lowest BCUT2D eigenvalue weighted by atomic mass is 10.1. The van der Waals surface area contributed by atoms with Gasteiger partial charge < -0.3 is 5.11 Å². The monoisotopic (exact) mass is 214 g/mol. The lowest BCUT2D eigenvalue weighted by Crippen LogP contribution is -2.50. The van der Waals surface area contributed by atoms with Gasteiger partial charge in [-0.2, -0.15) is 0 Å². The van der Waals surface area contributed by atoms with Crippen molar-refractivity contribution in [3.8, 4) is 0 Å². The molecule has 90 valence electrons. The summed E-state index contributed by atoms with van der Waals surface area (Å²) in [6.07, 6.45) is 1.96. The van der Waals surface area contributed by atoms with E-state index in [0.717, 1.165) is 39.1 Å². The first-order valence-electron chi connectivity index (χ1n) is 6.31. The van der Waals surface area contributed by atoms with Crippen LogP contribution in [0.25, 0.3) is 0 Å². The van der Waals surface area contributed by atoms with Crippen molar-refractivity contribution in [3.05, 3.63) is 0 Å². The molecule has 1 saturated heterocycles. The van der Waals surface area contributed by atoms with Crippen molar-refractivity contribution in [1.82, 2.24) is 9.80 Å². The van der Waals surface area contributed by atoms with E-state index in [1.165, 1.54) is 6.42 Å². The van der Waals surface area contributed by atoms with Crippen LogP contribution in [0.2, 0.25) is 0 Å². The van der Waals surface area contributed by atoms with E-state index in [9.17, 15) is 5.11 Å². The Morgan fingerprint density at radius 3 is 2.13 bits per heavy atom. The molecule has 0 aliphatic carbocycles. The Labute approximate surface area is 94.1 Å². The molecule has 1 N–H and O–H groups in total. The molecule has 15 heavy (non-hydrogen) atoms. The van der Waals surface area contributed by atoms with Crippen LogP contribution in [0.4, 0.5) is 0 Å². The molecule has 0 amide bonds. The molecule has 0 aromatic heterocycles. The summed E-state index contributed by atoms with van der Waals surface area (Å²) < 4.78 is 0. The second-order valence-corrected chi connectivity index (χ2v) is 4.66. The number of piperazine rings is 1. The van der Waals surface area contributed by atoms with Gasteiger partial charge in [0.2, 0.25) is 0 Å². The SMILES string of the molecule is CCC(O)CN1CCN(C(C)CC)CC1. The van der Waals surface area contributed by atoms with Gasteiger partial charge in [-0.3, -0.25) is 9.80 Å². The molecule has 0 radical (unpaired) electrons. The quantitative estimate of drug-likeness (QED) is 0.744. The molecule has 2 atom stereocenters. The molecule has 1 aliphatic heterocycles. The first-order valence-corrected chi connectivity index (χ1v) is 6.31. The van der Waals surface area contributed by atoms with Crippen LogP contribution < -0.4 is 0 Å². The van der Waals surface area contributed by atoms with Crippen LogP contribution in [0.3, 0.4) is 0 Å². The smallest absolute Gasteiger partial charge is 0.0664 e. The number of nitrogens with zero attached hydrogens (tertiary/aromatic N) is 2. The van der Waals surface area contributed by atoms with E-state index in [2.05, 4.69) is 23.6 Å². The molecule has 1 fully saturated rings. The second-order valence-electron chi connectivity index (χ2n) is 4.66. The van der Waals surface area contributed by atoms with E-state index in [1.807, 2.05) is 6.92 Å². The van der Waals surface area contributed by atoms with Crippen LogP contribution in [-0.4, -0.2) is 59.8 Å². The predicted octanol–water partition coefficient (Wildman–Crippen LogP) is 1.17. The van der Waals surface area contributed by atoms with Crippen molar-refractivity contribution >= 4 is 0 Å². The maximum atomic E-state index is 9.58. The Morgan fingerprint density at radius 2 is 1.67 bits per heavy atom. The lowest BCUT2D eigenvalue weighted by Gasteiger charge is -2.38. The fourth-order valence-electron chi connectivity index (χ4n) is 2.07. The predicted molar refractivity (Wildman–Crippen MR) is 64.1 cm³/mol. The topological polar surface area (TPSA) is 26.7 Å². The maximum absolute atomic E-state index is 9.58. The van der Waals surface area contributed by atoms with Crippen molar-refractivity contribution in [2.75, 3.05) is 32.7 Å². The molecular weight excluding hydrogens is 188 g/mol. The van der Waals surface area contributed by atoms with Gasteiger partial charge in [0.15, 0.2) is 0 Å². The molecule has 1 aliphatic rings. The van der Waals surface area contributed by atoms with Gasteiger partial charge in [-0.15, -0.1) is 0 Å². The Kier molecular flexibility index (Phi) is 5.58. The minimum Gasteiger partial charge on any atom is -0.392 e. The van der Waals surface area contributed by atoms with Crippen molar-refractivity contribution < 1.29 is 5.11 Å². The van der Waals surface area contributed by atoms with Gasteiger partial charge in [0, 0.05) is 38.8 Å². The Balaban J connectivity index is 2.23. The zero-order valence-corrected chi connectivity index (χ0v) is 10.4. The maximum Gasteiger partial charge on any atom is 0.0664 e. The van der Waals surface area contributed by atoms with Gasteiger partial charge in [0.05, 0.1) is 6.10 Å². The summed E-state index contributed by atoms with van der Waals surface area (Å²) in [6, 6.07) is 0.711. The van der Waals surface area contributed by atoms with E-state index >= 15 is 0 Å². The van der Waals surface area contributed by atoms with Crippen LogP contribution in [0, 0.1) is 0 Å². The first kappa shape index (κ1) is 12.9. The average molecular weight is 214 g/mol. The van der Waals surface area contributed by atoms with Crippen molar-refractivity contribution in [2.24, 2.45) is 0 Å². The molecule has 1 rings (SSSR count). The standard InChI is InChI=1S/C12H26N2O/c1-4-11(3)14-8-6-13(7-9-14)10-12(15)5-2/h11-12,15H,4-10H2,1-3H3. The van der Waals surface area contributed by atoms with Crippen molar-refractivity contribution in [3.63, 3.8) is 0 Å². The molecule has 0 aromatic carbocycles. The third-order valence-electron chi connectivity index (χ3n) is 3.56. The summed E-state index contributed by atoms with van der Waals surface area (Å²) in [4.78, 5) is 4.93. The fourth-order valence-corrected chi connectivity index (χ4v) is 2.07. The number of aliphatic hydroxyl groups is 1. The van der Waals surface area contributed by atoms with E-state index in [0.29, 0.717) is 6.04 Å². The Hall–Kier alpha value is -0.120. The molecule has 0 aromatic rings. The molecule has 0 bridgehead atoms. The van der Waals surface area contributed by atoms with Gasteiger partial charge in [-0.05, 0) is 19.8 Å². The molecule has 3 heteroatoms. The minimum absolute atomic E-state index is 0.139. The largest absolute Gasteiger partial charge is 0.392 e. The molecule has 0 saturated carbocycles. The highest BCUT2D eigenvalue weighted by Gasteiger charge is 2.20. The summed E-state index contributed by atoms with van der Waals surface area (Å²) in [6.45, 7) is 12.0. The summed E-state index contributed by atoms with van der Waals surface area (Å²) in [7, 11) is 0. The van der Waals surface area contributed by atoms with Crippen molar-refractivity contribution in [1.29, 1.82) is 0 Å². The number of aliphatic hydroxyl groups excluding tert-OH is 1. The zero-order valence-electron chi connectivity index (χ0n) is 10.4. The number of hydrogen-bond donors (Lipinski definition) is 1. The lowest BCUT2D eigenvalue weighted by molar-refractivity contribution is 0.0574. The minimum atomic E-state index is -0.139. The summed E-state index contributed by atoms with van der Waals surface area (Å²) in [5.41, 5.74) is 0. The normalized spacial score (nSPS) is 24.0. The Morgan fingerprint density at radius 1 is 1.07 bits per heavy atom. The molecule has 0 spiro atoms. The fraction of sp³-hybridized carbons (Fsp3) is 1.00. The number of rotatable bonds is 5. The van der Waals surface area contributed by atoms with Crippen molar-refractivity contribution in [2.45, 2.75) is 45.8 Å². The highest BCUT2D eigenvalue weighted by Crippen LogP contribution is 2.09. The molecular formula is C12H26N2O. The van der Waals surface area contributed by atoms with Crippen LogP contribution >= 0.6 is 0 Å². The second kappa shape index (κ2) is 6.46. The van der Waals surface area contributed by atoms with Crippen LogP contribution in [0.5, 0.6) is 0 Å². The zero-order chi connectivity index (χ0) is 11.3. The molecule has 1 heterocycles. The van der Waals surface area contributed by atoms with Gasteiger partial charge in [-0.1, -0.05) is 13.8 Å². The van der Waals surface area contributed by atoms with E-state index in [1.54, 1.807) is 0 Å². The van der Waals surface area contributed by atoms with Gasteiger partial charge in [0.25, 0.3) is 0 Å². The third-order valence-corrected chi connectivity index (χ3v) is 3.56. The van der Waals surface area contributed by atoms with E-state index < -0.39 is 0 Å². The summed E-state index contributed by atoms with van der Waals surface area (Å²) >= 11 is 0. The van der Waals surface area contributed by atoms with E-state index in [4.69, 9.17) is 0 Å². The van der Waals surface area contributed by atoms with Gasteiger partial charge in [0.1, 0.15) is 0 Å². The average Bonchev–Trinajstić information content (AvgIpc) is 2.29. The number of hydrogen-bond acceptors (Lipinski definition) is 3. The summed E-state index contributed by atoms with van der Waals surface area (Å²) in [5.74, 6) is 0. The third kappa shape index (κ3) is 4.09. The first-order chi connectivity index (χ1) is 7.17. The highest BCUT2D eigenvalue weighted by molar-refractivity contribution is 4.76. The van der Waals surface area contributed by atoms with Gasteiger partial charge >= 0.3 is 0 Å². The number of β-amino-alcohol motifs (C(OH)–C–C–N with tert-alkyl or cyclic N) is 1. The Bertz CT molecular complexity index is 167. The highest BCUT2D eigenvalue weighted by atomic mass is 16.3. The molecule has 2 unspecified atom stereocenters. The summed E-state index contributed by atoms with van der Waals surface area (Å²) in [5, 5.41) is 9.58. The van der Waals surface area contributed by atoms with Crippen LogP contribution in [-0.2, 0) is 0 Å².